The molecule has 4 saturated heterocycles. The van der Waals surface area contributed by atoms with Crippen molar-refractivity contribution in [1.29, 1.82) is 0 Å². The number of halogens is 4. The van der Waals surface area contributed by atoms with E-state index in [1.807, 2.05) is 90.1 Å². The van der Waals surface area contributed by atoms with Crippen LogP contribution in [-0.2, 0) is 41.9 Å². The number of amides is 2. The quantitative estimate of drug-likeness (QED) is 0.0386. The Labute approximate surface area is 798 Å². The molecule has 4 aliphatic heterocycles. The average molecular weight is 1930 g/mol. The number of rotatable bonds is 20. The van der Waals surface area contributed by atoms with Crippen LogP contribution < -0.4 is 31.9 Å². The molecule has 0 spiro atoms. The second-order valence-corrected chi connectivity index (χ2v) is 41.2. The third-order valence-corrected chi connectivity index (χ3v) is 29.1. The van der Waals surface area contributed by atoms with Crippen molar-refractivity contribution >= 4 is 146 Å². The second-order valence-electron chi connectivity index (χ2n) is 34.8. The first kappa shape index (κ1) is 94.9. The predicted octanol–water partition coefficient (Wildman–Crippen LogP) is 18.5. The summed E-state index contributed by atoms with van der Waals surface area (Å²) in [6, 6.07) is 48.4. The van der Waals surface area contributed by atoms with Gasteiger partial charge in [-0.15, -0.1) is 11.8 Å². The molecule has 137 heavy (non-hydrogen) atoms. The predicted molar refractivity (Wildman–Crippen MR) is 524 cm³/mol. The molecule has 4 fully saturated rings. The van der Waals surface area contributed by atoms with Crippen LogP contribution in [0.25, 0.3) is 66.4 Å². The molecule has 16 heterocycles. The Hall–Kier alpha value is -13.9. The molecule has 31 nitrogen and oxygen atoms in total. The number of nitrogens with one attached hydrogen (secondary N) is 6. The number of hydrogen-bond donors (Lipinski definition) is 6. The van der Waals surface area contributed by atoms with E-state index in [-0.39, 0.29) is 33.6 Å². The number of likely N-dealkylation sites (tertiary alicyclic amines) is 2. The van der Waals surface area contributed by atoms with Crippen molar-refractivity contribution in [1.82, 2.24) is 99.4 Å². The fraction of sp³-hybridized carbons (Fsp3) is 0.286. The highest BCUT2D eigenvalue weighted by Crippen LogP contribution is 2.36. The topological polar surface area (TPSA) is 357 Å². The van der Waals surface area contributed by atoms with Crippen LogP contribution in [0.1, 0.15) is 92.9 Å². The molecule has 0 aliphatic carbocycles. The van der Waals surface area contributed by atoms with Crippen molar-refractivity contribution in [2.24, 2.45) is 0 Å². The molecule has 12 aromatic heterocycles. The SMILES string of the molecule is CC(C)(C)OC(=O)N1CCC(S(=O)c2ccc3cnc(Nc4ccc(-n5cccn5)cc4F)cc3n2)CC1.CC(C)(C)OC(=O)N1CCC(Sc2ccc3cnc(Nc4ccc(-n5cccn5)cc4F)cc3n2)CC1.O=[S@@](c1ccc2cnc(Nc3ccc(-n4cccn4)cc3F)cc2n1)C1CCNCC1.O=[S@](c1ccc2cnc(Nc3ccc(-n4cccn4)cc3F)cc2n1)C1CCNCC1. The standard InChI is InChI=1S/C27H29FN6O3S.C27H29FN6O2S.2C22H21FN6OS/c1-27(2,3)37-26(35)33-13-9-20(10-14-33)38(36)25-8-5-18-17-29-24(16-23(18)32-25)31-22-7-6-19(15-21(22)28)34-12-4-11-30-34;1-27(2,3)36-26(35)33-13-9-20(10-14-33)37-25-8-5-18-17-29-24(16-23(18)32-25)31-22-7-6-19(15-21(22)28)34-12-4-11-30-34;2*23-18-12-16(29-11-1-8-26-29)3-4-19(18)27-21-13-20-15(14-25-21)2-5-22(28-20)31(30)17-6-9-24-10-7-17/h4-8,11-12,15-17,20H,9-10,13-14H2,1-3H3,(H,29,31);4-8,11-12,15-17,20H,9-10,13-14H2,1-3H3,(H,29,31);2*1-5,8,11-14,17,24H,6-7,9-10H2,(H,25,27)/t;;2*31-/m..10/s1. The number of piperidine rings is 4. The lowest BCUT2D eigenvalue weighted by molar-refractivity contribution is 0.0208. The third kappa shape index (κ3) is 24.5. The first-order chi connectivity index (χ1) is 66.2. The normalized spacial score (nSPS) is 15.4. The highest BCUT2D eigenvalue weighted by molar-refractivity contribution is 7.99. The number of aromatic nitrogens is 16. The number of benzene rings is 4. The lowest BCUT2D eigenvalue weighted by Gasteiger charge is -2.33. The van der Waals surface area contributed by atoms with Gasteiger partial charge in [-0.25, -0.2) is 85.7 Å². The van der Waals surface area contributed by atoms with Crippen molar-refractivity contribution in [2.45, 2.75) is 145 Å². The number of carbonyl (C=O) groups is 2. The van der Waals surface area contributed by atoms with Crippen LogP contribution in [0.3, 0.4) is 0 Å². The summed E-state index contributed by atoms with van der Waals surface area (Å²) < 4.78 is 115. The van der Waals surface area contributed by atoms with Gasteiger partial charge in [0.1, 0.15) is 72.8 Å². The summed E-state index contributed by atoms with van der Waals surface area (Å²) in [5.74, 6) is 0.200. The van der Waals surface area contributed by atoms with Gasteiger partial charge < -0.3 is 51.2 Å². The summed E-state index contributed by atoms with van der Waals surface area (Å²) in [6.45, 7) is 17.0. The smallest absolute Gasteiger partial charge is 0.410 e. The van der Waals surface area contributed by atoms with Crippen molar-refractivity contribution < 1.29 is 49.3 Å². The van der Waals surface area contributed by atoms with Crippen LogP contribution in [-0.4, -0.2) is 198 Å². The number of nitrogens with zero attached hydrogens (tertiary/aromatic N) is 18. The van der Waals surface area contributed by atoms with E-state index in [9.17, 15) is 39.8 Å². The molecule has 706 valence electrons. The largest absolute Gasteiger partial charge is 0.444 e. The van der Waals surface area contributed by atoms with Gasteiger partial charge in [0.25, 0.3) is 0 Å². The first-order valence-electron chi connectivity index (χ1n) is 44.8. The Morgan fingerprint density at radius 1 is 0.372 bits per heavy atom. The van der Waals surface area contributed by atoms with Crippen molar-refractivity contribution in [3.8, 4) is 22.7 Å². The Balaban J connectivity index is 0.000000127. The van der Waals surface area contributed by atoms with Crippen LogP contribution in [0, 0.1) is 23.3 Å². The van der Waals surface area contributed by atoms with Crippen molar-refractivity contribution in [2.75, 3.05) is 73.6 Å². The van der Waals surface area contributed by atoms with Crippen molar-refractivity contribution in [3.05, 3.63) is 267 Å². The number of ether oxygens (including phenoxy) is 2. The van der Waals surface area contributed by atoms with Crippen LogP contribution >= 0.6 is 11.8 Å². The summed E-state index contributed by atoms with van der Waals surface area (Å²) >= 11 is 1.72. The summed E-state index contributed by atoms with van der Waals surface area (Å²) in [4.78, 5) is 64.3. The number of anilines is 8. The zero-order valence-electron chi connectivity index (χ0n) is 75.8. The van der Waals surface area contributed by atoms with E-state index in [1.54, 1.807) is 212 Å². The maximum Gasteiger partial charge on any atom is 0.410 e. The molecule has 6 N–H and O–H groups in total. The van der Waals surface area contributed by atoms with Gasteiger partial charge in [-0.05, 0) is 240 Å². The molecular weight excluding hydrogens is 1830 g/mol. The highest BCUT2D eigenvalue weighted by Gasteiger charge is 2.33. The summed E-state index contributed by atoms with van der Waals surface area (Å²) in [7, 11) is -3.64. The van der Waals surface area contributed by atoms with Gasteiger partial charge in [0, 0.05) is 192 Å². The zero-order valence-corrected chi connectivity index (χ0v) is 79.0. The van der Waals surface area contributed by atoms with Gasteiger partial charge in [0.2, 0.25) is 0 Å². The lowest BCUT2D eigenvalue weighted by Crippen LogP contribution is -2.43. The molecule has 20 rings (SSSR count). The molecule has 2 amide bonds. The Morgan fingerprint density at radius 2 is 0.657 bits per heavy atom. The van der Waals surface area contributed by atoms with E-state index in [1.165, 1.54) is 24.3 Å². The fourth-order valence-corrected chi connectivity index (χ4v) is 20.9. The van der Waals surface area contributed by atoms with E-state index in [4.69, 9.17) is 14.5 Å². The number of fused-ring (bicyclic) bond motifs is 4. The van der Waals surface area contributed by atoms with E-state index in [0.29, 0.717) is 139 Å². The molecule has 3 atom stereocenters. The lowest BCUT2D eigenvalue weighted by atomic mass is 10.1. The molecule has 0 saturated carbocycles. The molecular formula is C98H100F4N24O7S4. The van der Waals surface area contributed by atoms with E-state index in [2.05, 4.69) is 87.2 Å². The maximum atomic E-state index is 14.8. The second kappa shape index (κ2) is 43.0. The minimum absolute atomic E-state index is 0.111. The van der Waals surface area contributed by atoms with Gasteiger partial charge in [0.15, 0.2) is 0 Å². The van der Waals surface area contributed by atoms with E-state index in [0.717, 1.165) is 96.8 Å². The summed E-state index contributed by atoms with van der Waals surface area (Å²) in [5.41, 5.74) is 5.39. The maximum absolute atomic E-state index is 14.8. The molecule has 4 aromatic carbocycles. The monoisotopic (exact) mass is 1930 g/mol. The van der Waals surface area contributed by atoms with E-state index >= 15 is 0 Å². The molecule has 1 unspecified atom stereocenters. The van der Waals surface area contributed by atoms with Gasteiger partial charge in [-0.3, -0.25) is 12.6 Å². The van der Waals surface area contributed by atoms with Crippen molar-refractivity contribution in [3.63, 3.8) is 0 Å². The summed E-state index contributed by atoms with van der Waals surface area (Å²) in [5, 5.41) is 41.5. The van der Waals surface area contributed by atoms with Gasteiger partial charge >= 0.3 is 12.2 Å². The Bertz CT molecular complexity index is 6820. The molecule has 16 aromatic rings. The fourth-order valence-electron chi connectivity index (χ4n) is 15.7. The number of pyridine rings is 8. The van der Waals surface area contributed by atoms with Gasteiger partial charge in [-0.1, -0.05) is 0 Å². The van der Waals surface area contributed by atoms with Gasteiger partial charge in [-0.2, -0.15) is 20.4 Å². The first-order valence-corrected chi connectivity index (χ1v) is 49.4. The summed E-state index contributed by atoms with van der Waals surface area (Å²) in [6.07, 6.45) is 26.2. The van der Waals surface area contributed by atoms with E-state index < -0.39 is 66.9 Å². The molecule has 0 radical (unpaired) electrons. The molecule has 0 bridgehead atoms. The van der Waals surface area contributed by atoms with Crippen LogP contribution in [0.5, 0.6) is 0 Å². The third-order valence-electron chi connectivity index (χ3n) is 22.7. The Kier molecular flexibility index (Phi) is 29.8. The number of thioether (sulfide) groups is 1. The Morgan fingerprint density at radius 3 is 0.942 bits per heavy atom. The molecule has 39 heteroatoms. The minimum atomic E-state index is -1.34. The van der Waals surface area contributed by atoms with Crippen LogP contribution in [0.15, 0.2) is 264 Å². The highest BCUT2D eigenvalue weighted by atomic mass is 32.2. The van der Waals surface area contributed by atoms with Gasteiger partial charge in [0.05, 0.1) is 105 Å². The molecule has 4 aliphatic rings. The van der Waals surface area contributed by atoms with Crippen LogP contribution in [0.2, 0.25) is 0 Å². The average Bonchev–Trinajstić information content (AvgIpc) is 1.01. The minimum Gasteiger partial charge on any atom is -0.444 e. The zero-order chi connectivity index (χ0) is 95.3. The number of carbonyl (C=O) groups excluding carboxylic acids is 2. The number of hydrogen-bond acceptors (Lipinski definition) is 26. The van der Waals surface area contributed by atoms with Crippen LogP contribution in [0.4, 0.5) is 73.2 Å².